The van der Waals surface area contributed by atoms with Crippen molar-refractivity contribution in [1.29, 1.82) is 0 Å². The monoisotopic (exact) mass is 524 g/mol. The van der Waals surface area contributed by atoms with E-state index in [2.05, 4.69) is 15.5 Å². The van der Waals surface area contributed by atoms with Crippen LogP contribution < -0.4 is 16.4 Å². The smallest absolute Gasteiger partial charge is 0.251 e. The highest BCUT2D eigenvalue weighted by Crippen LogP contribution is 2.24. The van der Waals surface area contributed by atoms with E-state index in [0.717, 1.165) is 23.5 Å². The van der Waals surface area contributed by atoms with Crippen LogP contribution in [0.3, 0.4) is 0 Å². The lowest BCUT2D eigenvalue weighted by molar-refractivity contribution is -0.120. The van der Waals surface area contributed by atoms with Gasteiger partial charge in [0.15, 0.2) is 0 Å². The molecule has 1 aliphatic rings. The highest BCUT2D eigenvalue weighted by Gasteiger charge is 2.21. The molecule has 0 bridgehead atoms. The Morgan fingerprint density at radius 3 is 2.71 bits per heavy atom. The van der Waals surface area contributed by atoms with E-state index in [-0.39, 0.29) is 24.3 Å². The van der Waals surface area contributed by atoms with E-state index in [1.54, 1.807) is 24.3 Å². The minimum atomic E-state index is -0.616. The fourth-order valence-electron chi connectivity index (χ4n) is 3.37. The van der Waals surface area contributed by atoms with Crippen molar-refractivity contribution < 1.29 is 19.1 Å². The molecule has 8 nitrogen and oxygen atoms in total. The van der Waals surface area contributed by atoms with Gasteiger partial charge in [0.25, 0.3) is 5.91 Å². The Balaban J connectivity index is 1.41. The summed E-state index contributed by atoms with van der Waals surface area (Å²) in [6.45, 7) is 2.98. The second kappa shape index (κ2) is 13.0. The van der Waals surface area contributed by atoms with Gasteiger partial charge < -0.3 is 21.1 Å². The predicted molar refractivity (Wildman–Crippen MR) is 133 cm³/mol. The number of nitrogens with zero attached hydrogens (tertiary/aromatic N) is 1. The van der Waals surface area contributed by atoms with Crippen LogP contribution in [0, 0.1) is 0 Å². The predicted octanol–water partition coefficient (Wildman–Crippen LogP) is 2.32. The summed E-state index contributed by atoms with van der Waals surface area (Å²) in [6, 6.07) is 12.4. The quantitative estimate of drug-likeness (QED) is 0.411. The second-order valence-electron chi connectivity index (χ2n) is 7.75. The third-order valence-electron chi connectivity index (χ3n) is 5.03. The van der Waals surface area contributed by atoms with Gasteiger partial charge in [0.2, 0.25) is 11.8 Å². The molecule has 0 aliphatic carbocycles. The number of ether oxygens (including phenoxy) is 1. The molecular formula is C23H26Cl2N4O4S. The van der Waals surface area contributed by atoms with Gasteiger partial charge in [-0.15, -0.1) is 11.8 Å². The Hall–Kier alpha value is -2.30. The zero-order valence-electron chi connectivity index (χ0n) is 18.4. The number of carbonyl (C=O) groups is 3. The Morgan fingerprint density at radius 1 is 1.12 bits per heavy atom. The Kier molecular flexibility index (Phi) is 10.0. The number of nitrogens with two attached hydrogens (primary N) is 1. The van der Waals surface area contributed by atoms with Crippen molar-refractivity contribution in [2.75, 3.05) is 38.5 Å². The maximum absolute atomic E-state index is 12.3. The molecule has 1 saturated heterocycles. The summed E-state index contributed by atoms with van der Waals surface area (Å²) < 4.78 is 5.80. The molecule has 1 atom stereocenters. The number of hydrogen-bond acceptors (Lipinski definition) is 6. The second-order valence-corrected chi connectivity index (χ2v) is 9.61. The maximum atomic E-state index is 12.3. The Bertz CT molecular complexity index is 1040. The van der Waals surface area contributed by atoms with Crippen molar-refractivity contribution in [1.82, 2.24) is 15.5 Å². The number of morpholine rings is 1. The fourth-order valence-corrected chi connectivity index (χ4v) is 4.47. The van der Waals surface area contributed by atoms with E-state index in [1.807, 2.05) is 18.2 Å². The van der Waals surface area contributed by atoms with Gasteiger partial charge in [-0.2, -0.15) is 0 Å². The van der Waals surface area contributed by atoms with Gasteiger partial charge in [-0.3, -0.25) is 19.3 Å². The summed E-state index contributed by atoms with van der Waals surface area (Å²) in [6.07, 6.45) is -0.109. The molecule has 2 aromatic carbocycles. The zero-order chi connectivity index (χ0) is 24.5. The van der Waals surface area contributed by atoms with Crippen LogP contribution in [-0.4, -0.2) is 67.3 Å². The topological polar surface area (TPSA) is 114 Å². The molecule has 1 fully saturated rings. The lowest BCUT2D eigenvalue weighted by Crippen LogP contribution is -2.47. The number of thioether (sulfide) groups is 1. The zero-order valence-corrected chi connectivity index (χ0v) is 20.7. The lowest BCUT2D eigenvalue weighted by atomic mass is 10.2. The molecular weight excluding hydrogens is 499 g/mol. The summed E-state index contributed by atoms with van der Waals surface area (Å²) in [4.78, 5) is 38.2. The van der Waals surface area contributed by atoms with Crippen LogP contribution in [0.5, 0.6) is 0 Å². The number of nitrogens with one attached hydrogen (secondary N) is 2. The fraction of sp³-hybridized carbons (Fsp3) is 0.348. The molecule has 2 aromatic rings. The molecule has 182 valence electrons. The molecule has 3 amide bonds. The van der Waals surface area contributed by atoms with Gasteiger partial charge >= 0.3 is 0 Å². The van der Waals surface area contributed by atoms with Crippen molar-refractivity contribution >= 4 is 52.7 Å². The van der Waals surface area contributed by atoms with Crippen LogP contribution in [0.15, 0.2) is 47.4 Å². The molecule has 34 heavy (non-hydrogen) atoms. The first-order chi connectivity index (χ1) is 16.3. The van der Waals surface area contributed by atoms with Gasteiger partial charge in [0.05, 0.1) is 35.1 Å². The minimum Gasteiger partial charge on any atom is -0.374 e. The van der Waals surface area contributed by atoms with E-state index >= 15 is 0 Å². The molecule has 0 saturated carbocycles. The average molecular weight is 525 g/mol. The van der Waals surface area contributed by atoms with E-state index < -0.39 is 11.8 Å². The Morgan fingerprint density at radius 2 is 1.94 bits per heavy atom. The van der Waals surface area contributed by atoms with Crippen LogP contribution in [0.1, 0.15) is 15.9 Å². The maximum Gasteiger partial charge on any atom is 0.251 e. The number of rotatable bonds is 10. The molecule has 0 aromatic heterocycles. The van der Waals surface area contributed by atoms with E-state index in [1.165, 1.54) is 11.8 Å². The summed E-state index contributed by atoms with van der Waals surface area (Å²) in [5, 5.41) is 6.42. The SMILES string of the molecule is NC(=O)CNC(=O)c1cccc(SCC(=O)NCC2CN(Cc3ccc(Cl)c(Cl)c3)CCO2)c1. The molecule has 0 radical (unpaired) electrons. The molecule has 1 aliphatic heterocycles. The first-order valence-corrected chi connectivity index (χ1v) is 12.4. The summed E-state index contributed by atoms with van der Waals surface area (Å²) in [5.41, 5.74) is 6.50. The molecule has 11 heteroatoms. The van der Waals surface area contributed by atoms with Crippen molar-refractivity contribution in [3.8, 4) is 0 Å². The molecule has 4 N–H and O–H groups in total. The average Bonchev–Trinajstić information content (AvgIpc) is 2.82. The lowest BCUT2D eigenvalue weighted by Gasteiger charge is -2.33. The summed E-state index contributed by atoms with van der Waals surface area (Å²) in [5.74, 6) is -0.939. The largest absolute Gasteiger partial charge is 0.374 e. The van der Waals surface area contributed by atoms with E-state index in [4.69, 9.17) is 33.7 Å². The number of halogens is 2. The van der Waals surface area contributed by atoms with Crippen LogP contribution in [0.25, 0.3) is 0 Å². The van der Waals surface area contributed by atoms with Crippen molar-refractivity contribution in [2.24, 2.45) is 5.73 Å². The number of hydrogen-bond donors (Lipinski definition) is 3. The first kappa shape index (κ1) is 26.3. The third kappa shape index (κ3) is 8.48. The van der Waals surface area contributed by atoms with Gasteiger partial charge in [-0.1, -0.05) is 35.3 Å². The van der Waals surface area contributed by atoms with Crippen molar-refractivity contribution in [2.45, 2.75) is 17.5 Å². The first-order valence-electron chi connectivity index (χ1n) is 10.6. The molecule has 1 unspecified atom stereocenters. The minimum absolute atomic E-state index is 0.109. The highest BCUT2D eigenvalue weighted by atomic mass is 35.5. The molecule has 3 rings (SSSR count). The van der Waals surface area contributed by atoms with Crippen LogP contribution >= 0.6 is 35.0 Å². The number of primary amides is 1. The van der Waals surface area contributed by atoms with Crippen LogP contribution in [0.4, 0.5) is 0 Å². The number of carbonyl (C=O) groups excluding carboxylic acids is 3. The van der Waals surface area contributed by atoms with Gasteiger partial charge in [-0.25, -0.2) is 0 Å². The van der Waals surface area contributed by atoms with Crippen LogP contribution in [0.2, 0.25) is 10.0 Å². The normalized spacial score (nSPS) is 16.1. The number of benzene rings is 2. The van der Waals surface area contributed by atoms with Gasteiger partial charge in [0, 0.05) is 36.6 Å². The van der Waals surface area contributed by atoms with E-state index in [9.17, 15) is 14.4 Å². The van der Waals surface area contributed by atoms with Gasteiger partial charge in [0.1, 0.15) is 0 Å². The Labute approximate surface area is 212 Å². The van der Waals surface area contributed by atoms with Crippen LogP contribution in [-0.2, 0) is 20.9 Å². The van der Waals surface area contributed by atoms with Crippen molar-refractivity contribution in [3.05, 3.63) is 63.6 Å². The summed E-state index contributed by atoms with van der Waals surface area (Å²) in [7, 11) is 0. The van der Waals surface area contributed by atoms with E-state index in [0.29, 0.717) is 35.3 Å². The summed E-state index contributed by atoms with van der Waals surface area (Å²) >= 11 is 13.4. The third-order valence-corrected chi connectivity index (χ3v) is 6.76. The molecule has 1 heterocycles. The van der Waals surface area contributed by atoms with Gasteiger partial charge in [-0.05, 0) is 35.9 Å². The molecule has 0 spiro atoms. The standard InChI is InChI=1S/C23H26Cl2N4O4S/c24-19-5-4-15(8-20(19)25)12-29-6-7-33-17(13-29)10-27-22(31)14-34-18-3-1-2-16(9-18)23(32)28-11-21(26)30/h1-5,8-9,17H,6-7,10-14H2,(H2,26,30)(H,27,31)(H,28,32). The highest BCUT2D eigenvalue weighted by molar-refractivity contribution is 8.00. The van der Waals surface area contributed by atoms with Crippen molar-refractivity contribution in [3.63, 3.8) is 0 Å². The number of amides is 3.